The third-order valence-electron chi connectivity index (χ3n) is 12.2. The van der Waals surface area contributed by atoms with E-state index in [-0.39, 0.29) is 0 Å². The first-order chi connectivity index (χ1) is 31.7. The summed E-state index contributed by atoms with van der Waals surface area (Å²) in [6, 6.07) is 85.7. The molecule has 12 rings (SSSR count). The van der Waals surface area contributed by atoms with Crippen LogP contribution in [0.15, 0.2) is 243 Å². The molecular weight excluding hydrogens is 781 g/mol. The van der Waals surface area contributed by atoms with E-state index in [0.29, 0.717) is 0 Å². The Bertz CT molecular complexity index is 3210. The summed E-state index contributed by atoms with van der Waals surface area (Å²) in [5, 5.41) is 0. The zero-order valence-corrected chi connectivity index (χ0v) is 34.8. The summed E-state index contributed by atoms with van der Waals surface area (Å²) in [5.74, 6) is 3.14. The molecule has 4 heteroatoms. The van der Waals surface area contributed by atoms with Crippen molar-refractivity contribution < 1.29 is 9.47 Å². The van der Waals surface area contributed by atoms with Gasteiger partial charge in [-0.25, -0.2) is 0 Å². The monoisotopic (exact) mass is 820 g/mol. The average molecular weight is 821 g/mol. The highest BCUT2D eigenvalue weighted by molar-refractivity contribution is 5.96. The number of hydrogen-bond donors (Lipinski definition) is 0. The van der Waals surface area contributed by atoms with Crippen LogP contribution in [0.1, 0.15) is 0 Å². The fourth-order valence-electron chi connectivity index (χ4n) is 9.05. The molecule has 0 bridgehead atoms. The normalized spacial score (nSPS) is 12.0. The van der Waals surface area contributed by atoms with E-state index in [0.717, 1.165) is 90.5 Å². The van der Waals surface area contributed by atoms with E-state index in [1.807, 2.05) is 18.2 Å². The van der Waals surface area contributed by atoms with Gasteiger partial charge in [0.2, 0.25) is 0 Å². The lowest BCUT2D eigenvalue weighted by Crippen LogP contribution is -2.20. The molecule has 302 valence electrons. The molecule has 2 heterocycles. The van der Waals surface area contributed by atoms with Crippen molar-refractivity contribution in [3.05, 3.63) is 243 Å². The number of ether oxygens (including phenoxy) is 2. The molecule has 0 aromatic heterocycles. The molecule has 0 spiro atoms. The van der Waals surface area contributed by atoms with Gasteiger partial charge in [0.15, 0.2) is 23.0 Å². The van der Waals surface area contributed by atoms with E-state index < -0.39 is 0 Å². The van der Waals surface area contributed by atoms with Gasteiger partial charge in [-0.15, -0.1) is 0 Å². The Morgan fingerprint density at radius 1 is 0.250 bits per heavy atom. The summed E-state index contributed by atoms with van der Waals surface area (Å²) in [7, 11) is 0. The van der Waals surface area contributed by atoms with Crippen molar-refractivity contribution >= 4 is 34.1 Å². The van der Waals surface area contributed by atoms with Crippen LogP contribution in [0.2, 0.25) is 0 Å². The van der Waals surface area contributed by atoms with E-state index >= 15 is 0 Å². The number of rotatable bonds is 8. The number of anilines is 6. The predicted molar refractivity (Wildman–Crippen MR) is 263 cm³/mol. The minimum absolute atomic E-state index is 0.762. The lowest BCUT2D eigenvalue weighted by atomic mass is 9.97. The Labute approximate surface area is 373 Å². The molecule has 0 saturated carbocycles. The van der Waals surface area contributed by atoms with Gasteiger partial charge in [0.05, 0.1) is 11.4 Å². The van der Waals surface area contributed by atoms with E-state index in [1.165, 1.54) is 22.3 Å². The van der Waals surface area contributed by atoms with Gasteiger partial charge in [0.1, 0.15) is 5.69 Å². The van der Waals surface area contributed by atoms with Crippen LogP contribution in [0.3, 0.4) is 0 Å². The Morgan fingerprint density at radius 2 is 0.609 bits per heavy atom. The van der Waals surface area contributed by atoms with Gasteiger partial charge < -0.3 is 14.4 Å². The number of benzene rings is 10. The molecule has 10 aromatic carbocycles. The van der Waals surface area contributed by atoms with Crippen LogP contribution in [0.5, 0.6) is 23.0 Å². The first-order valence-corrected chi connectivity index (χ1v) is 21.6. The van der Waals surface area contributed by atoms with Crippen molar-refractivity contribution in [3.63, 3.8) is 0 Å². The van der Waals surface area contributed by atoms with Crippen LogP contribution in [-0.4, -0.2) is 0 Å². The van der Waals surface area contributed by atoms with E-state index in [4.69, 9.17) is 9.47 Å². The molecule has 0 saturated heterocycles. The number of hydrogen-bond acceptors (Lipinski definition) is 4. The highest BCUT2D eigenvalue weighted by atomic mass is 16.5. The molecule has 0 unspecified atom stereocenters. The molecule has 64 heavy (non-hydrogen) atoms. The molecule has 0 N–H and O–H groups in total. The smallest absolute Gasteiger partial charge is 0.156 e. The van der Waals surface area contributed by atoms with Gasteiger partial charge in [-0.3, -0.25) is 4.90 Å². The van der Waals surface area contributed by atoms with E-state index in [1.54, 1.807) is 0 Å². The molecule has 10 aromatic rings. The van der Waals surface area contributed by atoms with E-state index in [2.05, 4.69) is 234 Å². The molecule has 0 amide bonds. The summed E-state index contributed by atoms with van der Waals surface area (Å²) < 4.78 is 13.3. The van der Waals surface area contributed by atoms with Crippen molar-refractivity contribution in [1.29, 1.82) is 0 Å². The lowest BCUT2D eigenvalue weighted by Gasteiger charge is -2.38. The zero-order chi connectivity index (χ0) is 42.4. The van der Waals surface area contributed by atoms with Crippen LogP contribution >= 0.6 is 0 Å². The van der Waals surface area contributed by atoms with Gasteiger partial charge >= 0.3 is 0 Å². The first-order valence-electron chi connectivity index (χ1n) is 21.6. The Hall–Kier alpha value is -8.60. The number of nitrogens with zero attached hydrogens (tertiary/aromatic N) is 2. The van der Waals surface area contributed by atoms with E-state index in [9.17, 15) is 0 Å². The average Bonchev–Trinajstić information content (AvgIpc) is 3.37. The first kappa shape index (κ1) is 37.2. The Morgan fingerprint density at radius 3 is 1.16 bits per heavy atom. The second-order valence-corrected chi connectivity index (χ2v) is 16.2. The number of fused-ring (bicyclic) bond motifs is 4. The maximum absolute atomic E-state index is 6.82. The van der Waals surface area contributed by atoms with Crippen LogP contribution in [0.4, 0.5) is 34.1 Å². The third-order valence-corrected chi connectivity index (χ3v) is 12.2. The molecule has 4 nitrogen and oxygen atoms in total. The minimum atomic E-state index is 0.762. The van der Waals surface area contributed by atoms with Gasteiger partial charge in [-0.2, -0.15) is 0 Å². The fraction of sp³-hybridized carbons (Fsp3) is 0. The highest BCUT2D eigenvalue weighted by Crippen LogP contribution is 2.61. The van der Waals surface area contributed by atoms with Crippen LogP contribution < -0.4 is 19.3 Å². The minimum Gasteiger partial charge on any atom is -0.453 e. The molecular formula is C60H40N2O2. The predicted octanol–water partition coefficient (Wildman–Crippen LogP) is 17.2. The van der Waals surface area contributed by atoms with Gasteiger partial charge in [0, 0.05) is 17.1 Å². The summed E-state index contributed by atoms with van der Waals surface area (Å²) >= 11 is 0. The van der Waals surface area contributed by atoms with Crippen LogP contribution in [0.25, 0.3) is 55.6 Å². The van der Waals surface area contributed by atoms with Crippen molar-refractivity contribution in [2.75, 3.05) is 9.80 Å². The maximum Gasteiger partial charge on any atom is 0.156 e. The number of para-hydroxylation sites is 2. The standard InChI is InChI=1S/C60H40N2O2/c1-4-13-41(14-5-1)44-23-30-51(31-24-44)61(52-32-25-45(26-33-52)42-15-6-2-7-16-42)53-34-27-46(28-35-53)47-19-12-20-48(37-47)49-29-36-55-57(38-49)64-59-40-50(43-17-8-3-9-18-43)39-58-60(59)62(55)54-21-10-11-22-56(54)63-58/h1-40H. The van der Waals surface area contributed by atoms with Crippen LogP contribution in [0, 0.1) is 0 Å². The van der Waals surface area contributed by atoms with Crippen molar-refractivity contribution in [2.24, 2.45) is 0 Å². The molecule has 0 aliphatic carbocycles. The fourth-order valence-corrected chi connectivity index (χ4v) is 9.05. The second kappa shape index (κ2) is 15.7. The lowest BCUT2D eigenvalue weighted by molar-refractivity contribution is 0.446. The Balaban J connectivity index is 0.874. The summed E-state index contributed by atoms with van der Waals surface area (Å²) in [4.78, 5) is 4.60. The third kappa shape index (κ3) is 6.75. The van der Waals surface area contributed by atoms with Crippen molar-refractivity contribution in [3.8, 4) is 78.6 Å². The summed E-state index contributed by atoms with van der Waals surface area (Å²) in [6.07, 6.45) is 0. The zero-order valence-electron chi connectivity index (χ0n) is 34.8. The van der Waals surface area contributed by atoms with Crippen molar-refractivity contribution in [1.82, 2.24) is 0 Å². The van der Waals surface area contributed by atoms with Gasteiger partial charge in [0.25, 0.3) is 0 Å². The molecule has 0 fully saturated rings. The van der Waals surface area contributed by atoms with Gasteiger partial charge in [-0.05, 0) is 134 Å². The van der Waals surface area contributed by atoms with Gasteiger partial charge in [-0.1, -0.05) is 164 Å². The summed E-state index contributed by atoms with van der Waals surface area (Å²) in [6.45, 7) is 0. The SMILES string of the molecule is c1ccc(-c2ccc(N(c3ccc(-c4ccccc4)cc3)c3ccc(-c4cccc(-c5ccc6c(c5)Oc5cc(-c7ccccc7)cc7c5N6c5ccccc5O7)c4)cc3)cc2)cc1. The topological polar surface area (TPSA) is 24.9 Å². The highest BCUT2D eigenvalue weighted by Gasteiger charge is 2.35. The quantitative estimate of drug-likeness (QED) is 0.152. The molecule has 2 aliphatic heterocycles. The van der Waals surface area contributed by atoms with Crippen LogP contribution in [-0.2, 0) is 0 Å². The Kier molecular flexibility index (Phi) is 9.12. The summed E-state index contributed by atoms with van der Waals surface area (Å²) in [5.41, 5.74) is 17.5. The maximum atomic E-state index is 6.82. The molecule has 0 atom stereocenters. The second-order valence-electron chi connectivity index (χ2n) is 16.2. The largest absolute Gasteiger partial charge is 0.453 e. The van der Waals surface area contributed by atoms with Crippen molar-refractivity contribution in [2.45, 2.75) is 0 Å². The molecule has 0 radical (unpaired) electrons. The molecule has 2 aliphatic rings.